The van der Waals surface area contributed by atoms with Crippen molar-refractivity contribution in [2.45, 2.75) is 46.7 Å². The van der Waals surface area contributed by atoms with Crippen molar-refractivity contribution in [2.24, 2.45) is 0 Å². The molecule has 0 N–H and O–H groups in total. The van der Waals surface area contributed by atoms with Gasteiger partial charge in [-0.1, -0.05) is 13.8 Å². The summed E-state index contributed by atoms with van der Waals surface area (Å²) in [6.45, 7) is 8.86. The van der Waals surface area contributed by atoms with Gasteiger partial charge in [0.1, 0.15) is 12.4 Å². The first-order valence-electron chi connectivity index (χ1n) is 4.90. The van der Waals surface area contributed by atoms with Gasteiger partial charge in [0, 0.05) is 6.42 Å². The average Bonchev–Trinajstić information content (AvgIpc) is 2.47. The molecule has 0 atom stereocenters. The molecule has 1 aromatic heterocycles. The maximum atomic E-state index is 2.35. The zero-order valence-corrected chi connectivity index (χ0v) is 10.9. The van der Waals surface area contributed by atoms with Gasteiger partial charge in [-0.3, -0.25) is 0 Å². The van der Waals surface area contributed by atoms with Gasteiger partial charge in [0.05, 0.1) is 13.1 Å². The summed E-state index contributed by atoms with van der Waals surface area (Å²) < 4.78 is 4.67. The molecule has 0 aromatic carbocycles. The van der Waals surface area contributed by atoms with Gasteiger partial charge < -0.3 is 24.0 Å². The predicted octanol–water partition coefficient (Wildman–Crippen LogP) is -1.23. The van der Waals surface area contributed by atoms with Gasteiger partial charge in [0.15, 0.2) is 0 Å². The van der Waals surface area contributed by atoms with Crippen molar-refractivity contribution in [3.8, 4) is 0 Å². The minimum absolute atomic E-state index is 0. The Balaban J connectivity index is 0.00000144. The normalized spacial score (nSPS) is 9.77. The molecular formula is C10H19IN2. The van der Waals surface area contributed by atoms with Crippen LogP contribution in [0.15, 0.2) is 12.4 Å². The minimum Gasteiger partial charge on any atom is -1.00 e. The molecule has 1 rings (SSSR count). The number of halogens is 1. The lowest BCUT2D eigenvalue weighted by molar-refractivity contribution is -0.700. The molecule has 1 heterocycles. The van der Waals surface area contributed by atoms with Crippen molar-refractivity contribution in [1.82, 2.24) is 4.57 Å². The topological polar surface area (TPSA) is 8.81 Å². The summed E-state index contributed by atoms with van der Waals surface area (Å²) in [7, 11) is 0. The third-order valence-corrected chi connectivity index (χ3v) is 2.21. The fourth-order valence-electron chi connectivity index (χ4n) is 1.64. The standard InChI is InChI=1S/C10H19N2.HI/c1-4-7-12-9-8-11(6-3)10(12)5-2;/h8-9H,4-7H2,1-3H3;1H/q+1;/p-1. The Morgan fingerprint density at radius 1 is 1.31 bits per heavy atom. The molecular weight excluding hydrogens is 275 g/mol. The van der Waals surface area contributed by atoms with Gasteiger partial charge in [-0.15, -0.1) is 0 Å². The van der Waals surface area contributed by atoms with Gasteiger partial charge in [0.25, 0.3) is 5.82 Å². The van der Waals surface area contributed by atoms with Crippen molar-refractivity contribution in [1.29, 1.82) is 0 Å². The molecule has 0 aliphatic rings. The second kappa shape index (κ2) is 6.40. The molecule has 1 aromatic rings. The van der Waals surface area contributed by atoms with E-state index in [0.717, 1.165) is 19.5 Å². The zero-order chi connectivity index (χ0) is 8.97. The Morgan fingerprint density at radius 3 is 2.46 bits per heavy atom. The van der Waals surface area contributed by atoms with E-state index < -0.39 is 0 Å². The van der Waals surface area contributed by atoms with E-state index in [4.69, 9.17) is 0 Å². The lowest BCUT2D eigenvalue weighted by Gasteiger charge is -1.99. The Bertz CT molecular complexity index is 243. The van der Waals surface area contributed by atoms with E-state index in [1.54, 1.807) is 0 Å². The fraction of sp³-hybridized carbons (Fsp3) is 0.700. The fourth-order valence-corrected chi connectivity index (χ4v) is 1.64. The Hall–Kier alpha value is -0.0600. The monoisotopic (exact) mass is 294 g/mol. The van der Waals surface area contributed by atoms with Gasteiger partial charge in [-0.2, -0.15) is 0 Å². The van der Waals surface area contributed by atoms with Crippen LogP contribution in [0.2, 0.25) is 0 Å². The predicted molar refractivity (Wildman–Crippen MR) is 50.0 cm³/mol. The van der Waals surface area contributed by atoms with Crippen molar-refractivity contribution in [3.63, 3.8) is 0 Å². The van der Waals surface area contributed by atoms with Crippen LogP contribution in [0.4, 0.5) is 0 Å². The van der Waals surface area contributed by atoms with Crippen molar-refractivity contribution < 1.29 is 28.5 Å². The zero-order valence-electron chi connectivity index (χ0n) is 8.76. The summed E-state index contributed by atoms with van der Waals surface area (Å²) in [6, 6.07) is 0. The van der Waals surface area contributed by atoms with Gasteiger partial charge in [0.2, 0.25) is 0 Å². The SMILES string of the molecule is CCCn1cc[n+](CC)c1CC.[I-]. The van der Waals surface area contributed by atoms with E-state index in [1.165, 1.54) is 12.2 Å². The van der Waals surface area contributed by atoms with Crippen LogP contribution in [-0.4, -0.2) is 4.57 Å². The molecule has 3 heteroatoms. The van der Waals surface area contributed by atoms with E-state index >= 15 is 0 Å². The average molecular weight is 294 g/mol. The molecule has 0 saturated heterocycles. The first-order chi connectivity index (χ1) is 5.83. The number of hydrogen-bond acceptors (Lipinski definition) is 0. The summed E-state index contributed by atoms with van der Waals surface area (Å²) in [5.41, 5.74) is 0. The van der Waals surface area contributed by atoms with Crippen LogP contribution in [0.3, 0.4) is 0 Å². The Labute approximate surface area is 98.0 Å². The van der Waals surface area contributed by atoms with Crippen LogP contribution in [0.1, 0.15) is 33.0 Å². The van der Waals surface area contributed by atoms with E-state index in [-0.39, 0.29) is 24.0 Å². The van der Waals surface area contributed by atoms with E-state index in [1.807, 2.05) is 0 Å². The quantitative estimate of drug-likeness (QED) is 0.486. The molecule has 0 radical (unpaired) electrons. The van der Waals surface area contributed by atoms with Crippen LogP contribution in [-0.2, 0) is 19.5 Å². The molecule has 0 aliphatic carbocycles. The van der Waals surface area contributed by atoms with E-state index in [0.29, 0.717) is 0 Å². The second-order valence-electron chi connectivity index (χ2n) is 3.05. The number of rotatable bonds is 4. The Kier molecular flexibility index (Phi) is 6.37. The number of hydrogen-bond donors (Lipinski definition) is 0. The molecule has 13 heavy (non-hydrogen) atoms. The molecule has 0 fully saturated rings. The highest BCUT2D eigenvalue weighted by Gasteiger charge is 2.11. The second-order valence-corrected chi connectivity index (χ2v) is 3.05. The maximum absolute atomic E-state index is 2.35. The Morgan fingerprint density at radius 2 is 2.00 bits per heavy atom. The largest absolute Gasteiger partial charge is 1.00 e. The van der Waals surface area contributed by atoms with Crippen molar-refractivity contribution in [3.05, 3.63) is 18.2 Å². The number of nitrogens with zero attached hydrogens (tertiary/aromatic N) is 2. The molecule has 0 saturated carbocycles. The highest BCUT2D eigenvalue weighted by molar-refractivity contribution is 4.82. The van der Waals surface area contributed by atoms with Crippen LogP contribution >= 0.6 is 0 Å². The summed E-state index contributed by atoms with van der Waals surface area (Å²) >= 11 is 0. The highest BCUT2D eigenvalue weighted by atomic mass is 127. The first-order valence-corrected chi connectivity index (χ1v) is 4.90. The summed E-state index contributed by atoms with van der Waals surface area (Å²) in [5.74, 6) is 1.44. The molecule has 2 nitrogen and oxygen atoms in total. The third kappa shape index (κ3) is 2.97. The van der Waals surface area contributed by atoms with Gasteiger partial charge >= 0.3 is 0 Å². The highest BCUT2D eigenvalue weighted by Crippen LogP contribution is 1.98. The minimum atomic E-state index is 0. The van der Waals surface area contributed by atoms with Crippen LogP contribution in [0.5, 0.6) is 0 Å². The lowest BCUT2D eigenvalue weighted by Crippen LogP contribution is -3.00. The van der Waals surface area contributed by atoms with Gasteiger partial charge in [-0.05, 0) is 13.3 Å². The molecule has 0 unspecified atom stereocenters. The van der Waals surface area contributed by atoms with Crippen LogP contribution in [0, 0.1) is 0 Å². The molecule has 0 amide bonds. The number of aromatic nitrogens is 2. The molecule has 76 valence electrons. The lowest BCUT2D eigenvalue weighted by atomic mass is 10.4. The van der Waals surface area contributed by atoms with Crippen molar-refractivity contribution >= 4 is 0 Å². The maximum Gasteiger partial charge on any atom is 0.256 e. The molecule has 0 aliphatic heterocycles. The first kappa shape index (κ1) is 12.9. The number of imidazole rings is 1. The summed E-state index contributed by atoms with van der Waals surface area (Å²) in [5, 5.41) is 0. The van der Waals surface area contributed by atoms with Crippen LogP contribution < -0.4 is 28.5 Å². The molecule has 0 bridgehead atoms. The summed E-state index contributed by atoms with van der Waals surface area (Å²) in [6.07, 6.45) is 6.70. The van der Waals surface area contributed by atoms with Gasteiger partial charge in [-0.25, -0.2) is 9.13 Å². The summed E-state index contributed by atoms with van der Waals surface area (Å²) in [4.78, 5) is 0. The van der Waals surface area contributed by atoms with E-state index in [9.17, 15) is 0 Å². The van der Waals surface area contributed by atoms with Crippen LogP contribution in [0.25, 0.3) is 0 Å². The smallest absolute Gasteiger partial charge is 0.256 e. The molecule has 0 spiro atoms. The third-order valence-electron chi connectivity index (χ3n) is 2.21. The van der Waals surface area contributed by atoms with E-state index in [2.05, 4.69) is 42.3 Å². The number of aryl methyl sites for hydroxylation is 2. The van der Waals surface area contributed by atoms with Crippen molar-refractivity contribution in [2.75, 3.05) is 0 Å².